The van der Waals surface area contributed by atoms with E-state index in [0.29, 0.717) is 25.2 Å². The van der Waals surface area contributed by atoms with Gasteiger partial charge in [-0.05, 0) is 114 Å². The van der Waals surface area contributed by atoms with Crippen LogP contribution in [0, 0.1) is 35.1 Å². The van der Waals surface area contributed by atoms with Crippen molar-refractivity contribution in [2.24, 2.45) is 11.8 Å². The fraction of sp³-hybridized carbons (Fsp3) is 0.515. The van der Waals surface area contributed by atoms with Crippen molar-refractivity contribution >= 4 is 47.6 Å². The lowest BCUT2D eigenvalue weighted by Gasteiger charge is -2.44. The minimum atomic E-state index is -1.71. The molecule has 0 bridgehead atoms. The number of aliphatic hydroxyl groups excluding tert-OH is 2. The summed E-state index contributed by atoms with van der Waals surface area (Å²) in [5.74, 6) is -7.41. The predicted molar refractivity (Wildman–Crippen MR) is 323 cm³/mol. The maximum Gasteiger partial charge on any atom is 0.411 e. The number of benzene rings is 4. The number of carbonyl (C=O) groups is 8. The van der Waals surface area contributed by atoms with Gasteiger partial charge in [-0.25, -0.2) is 27.2 Å². The highest BCUT2D eigenvalue weighted by atomic mass is 19.1. The van der Waals surface area contributed by atoms with E-state index in [-0.39, 0.29) is 101 Å². The van der Waals surface area contributed by atoms with Crippen LogP contribution in [-0.2, 0) is 64.2 Å². The number of likely N-dealkylation sites (tertiary alicyclic amines) is 2. The molecule has 4 heterocycles. The van der Waals surface area contributed by atoms with Crippen molar-refractivity contribution in [3.05, 3.63) is 143 Å². The minimum Gasteiger partial charge on any atom is -0.444 e. The lowest BCUT2D eigenvalue weighted by molar-refractivity contribution is -0.149. The van der Waals surface area contributed by atoms with Gasteiger partial charge in [0, 0.05) is 90.4 Å². The maximum atomic E-state index is 14.2. The monoisotopic (exact) mass is 1260 g/mol. The van der Waals surface area contributed by atoms with Gasteiger partial charge in [0.2, 0.25) is 35.4 Å². The third kappa shape index (κ3) is 19.0. The van der Waals surface area contributed by atoms with Crippen molar-refractivity contribution in [3.8, 4) is 0 Å². The zero-order valence-corrected chi connectivity index (χ0v) is 52.3. The van der Waals surface area contributed by atoms with E-state index in [1.54, 1.807) is 51.3 Å². The number of rotatable bonds is 20. The van der Waals surface area contributed by atoms with Crippen molar-refractivity contribution < 1.29 is 75.6 Å². The molecule has 0 aromatic heterocycles. The van der Waals surface area contributed by atoms with Crippen LogP contribution >= 0.6 is 0 Å². The first-order chi connectivity index (χ1) is 42.5. The molecule has 24 heteroatoms. The van der Waals surface area contributed by atoms with E-state index in [9.17, 15) is 66.1 Å². The smallest absolute Gasteiger partial charge is 0.411 e. The third-order valence-electron chi connectivity index (χ3n) is 15.8. The number of ether oxygens (including phenoxy) is 2. The van der Waals surface area contributed by atoms with Crippen molar-refractivity contribution in [3.63, 3.8) is 0 Å². The molecular formula is C66H84F4N8O12. The lowest BCUT2D eigenvalue weighted by Crippen LogP contribution is -2.66. The molecule has 90 heavy (non-hydrogen) atoms. The molecule has 488 valence electrons. The van der Waals surface area contributed by atoms with E-state index >= 15 is 0 Å². The third-order valence-corrected chi connectivity index (χ3v) is 15.8. The summed E-state index contributed by atoms with van der Waals surface area (Å²) in [4.78, 5) is 115. The highest BCUT2D eigenvalue weighted by molar-refractivity contribution is 5.92. The van der Waals surface area contributed by atoms with Crippen molar-refractivity contribution in [1.29, 1.82) is 0 Å². The SMILES string of the molecule is CCCN1CC(C(=O)NC(Cc2cc(F)cc(F)c2)[C@H](O)[C@H]2C(=O)N(Cc3ccccc3)CCN2C(=O)OC(C)(C)C)CC1=O.CCCN1CC(C(=O)NC(Cc2cc(F)cc(F)c2)[C@H](O)[C@H]2C(=O)N(Cc3ccccc3)CCN2C(=O)OC(C)(C)C)CC1=O. The van der Waals surface area contributed by atoms with E-state index in [4.69, 9.17) is 9.47 Å². The molecule has 4 saturated heterocycles. The molecule has 8 atom stereocenters. The van der Waals surface area contributed by atoms with E-state index < -0.39 is 118 Å². The van der Waals surface area contributed by atoms with Gasteiger partial charge in [-0.15, -0.1) is 0 Å². The van der Waals surface area contributed by atoms with Gasteiger partial charge < -0.3 is 49.9 Å². The quantitative estimate of drug-likeness (QED) is 0.0692. The molecule has 0 radical (unpaired) electrons. The molecular weight excluding hydrogens is 1170 g/mol. The summed E-state index contributed by atoms with van der Waals surface area (Å²) in [7, 11) is 0. The Morgan fingerprint density at radius 2 is 0.844 bits per heavy atom. The van der Waals surface area contributed by atoms with Crippen LogP contribution in [-0.4, -0.2) is 187 Å². The number of hydrogen-bond acceptors (Lipinski definition) is 12. The average Bonchev–Trinajstić information content (AvgIpc) is 1.02. The van der Waals surface area contributed by atoms with Gasteiger partial charge in [0.15, 0.2) is 0 Å². The van der Waals surface area contributed by atoms with Crippen LogP contribution in [0.5, 0.6) is 0 Å². The summed E-state index contributed by atoms with van der Waals surface area (Å²) in [5.41, 5.74) is 0.131. The van der Waals surface area contributed by atoms with Crippen LogP contribution in [0.3, 0.4) is 0 Å². The highest BCUT2D eigenvalue weighted by Gasteiger charge is 2.49. The molecule has 8 amide bonds. The van der Waals surface area contributed by atoms with Crippen molar-refractivity contribution in [2.45, 2.75) is 155 Å². The van der Waals surface area contributed by atoms with Gasteiger partial charge in [0.25, 0.3) is 0 Å². The van der Waals surface area contributed by atoms with E-state index in [2.05, 4.69) is 10.6 Å². The Morgan fingerprint density at radius 1 is 0.511 bits per heavy atom. The van der Waals surface area contributed by atoms with Crippen molar-refractivity contribution in [1.82, 2.24) is 40.0 Å². The number of piperazine rings is 2. The number of nitrogens with one attached hydrogen (secondary N) is 2. The first kappa shape index (κ1) is 69.4. The number of hydrogen-bond donors (Lipinski definition) is 4. The largest absolute Gasteiger partial charge is 0.444 e. The highest BCUT2D eigenvalue weighted by Crippen LogP contribution is 2.29. The van der Waals surface area contributed by atoms with Gasteiger partial charge in [-0.1, -0.05) is 74.5 Å². The molecule has 4 unspecified atom stereocenters. The number of carbonyl (C=O) groups excluding carboxylic acids is 8. The molecule has 0 spiro atoms. The first-order valence-electron chi connectivity index (χ1n) is 30.6. The standard InChI is InChI=1S/2C33H42F2N4O6/c2*1-5-11-37-20-23(17-27(37)40)30(42)36-26(16-22-14-24(34)18-25(35)15-22)29(41)28-31(43)38(19-21-9-7-6-8-10-21)12-13-39(28)32(44)45-33(2,3)4/h2*6-10,14-15,18,23,26,28-29,41H,5,11-13,16-17,19-20H2,1-4H3,(H,36,42)/t2*23?,26?,28-,29-/m00/s1. The molecule has 4 aliphatic heterocycles. The van der Waals surface area contributed by atoms with Gasteiger partial charge in [0.05, 0.1) is 23.9 Å². The Bertz CT molecular complexity index is 2940. The van der Waals surface area contributed by atoms with Crippen LogP contribution in [0.25, 0.3) is 0 Å². The Balaban J connectivity index is 0.000000256. The van der Waals surface area contributed by atoms with Gasteiger partial charge in [-0.2, -0.15) is 0 Å². The molecule has 0 aliphatic carbocycles. The summed E-state index contributed by atoms with van der Waals surface area (Å²) in [6.07, 6.45) is -4.19. The lowest BCUT2D eigenvalue weighted by atomic mass is 9.92. The Labute approximate surface area is 522 Å². The van der Waals surface area contributed by atoms with E-state index in [1.807, 2.05) is 74.5 Å². The van der Waals surface area contributed by atoms with Crippen LogP contribution in [0.2, 0.25) is 0 Å². The molecule has 4 aromatic carbocycles. The van der Waals surface area contributed by atoms with E-state index in [0.717, 1.165) is 58.0 Å². The fourth-order valence-electron chi connectivity index (χ4n) is 11.6. The zero-order valence-electron chi connectivity index (χ0n) is 52.3. The second-order valence-corrected chi connectivity index (χ2v) is 25.4. The maximum absolute atomic E-state index is 14.2. The van der Waals surface area contributed by atoms with Crippen LogP contribution in [0.4, 0.5) is 27.2 Å². The summed E-state index contributed by atoms with van der Waals surface area (Å²) in [6, 6.07) is 18.7. The topological polar surface area (TPSA) is 239 Å². The number of halogens is 4. The molecule has 4 aromatic rings. The summed E-state index contributed by atoms with van der Waals surface area (Å²) in [6.45, 7) is 16.1. The zero-order chi connectivity index (χ0) is 65.8. The number of nitrogens with zero attached hydrogens (tertiary/aromatic N) is 6. The molecule has 4 N–H and O–H groups in total. The van der Waals surface area contributed by atoms with Crippen LogP contribution in [0.15, 0.2) is 97.1 Å². The molecule has 0 saturated carbocycles. The molecule has 4 aliphatic rings. The average molecular weight is 1260 g/mol. The molecule has 20 nitrogen and oxygen atoms in total. The van der Waals surface area contributed by atoms with Gasteiger partial charge in [-0.3, -0.25) is 38.6 Å². The molecule has 4 fully saturated rings. The minimum absolute atomic E-state index is 0.0273. The number of aliphatic hydroxyl groups is 2. The second-order valence-electron chi connectivity index (χ2n) is 25.4. The van der Waals surface area contributed by atoms with Gasteiger partial charge >= 0.3 is 12.2 Å². The predicted octanol–water partition coefficient (Wildman–Crippen LogP) is 6.52. The van der Waals surface area contributed by atoms with Gasteiger partial charge in [0.1, 0.15) is 58.8 Å². The summed E-state index contributed by atoms with van der Waals surface area (Å²) >= 11 is 0. The summed E-state index contributed by atoms with van der Waals surface area (Å²) < 4.78 is 67.9. The second kappa shape index (κ2) is 30.6. The summed E-state index contributed by atoms with van der Waals surface area (Å²) in [5, 5.41) is 29.3. The Kier molecular flexibility index (Phi) is 23.6. The normalized spacial score (nSPS) is 20.3. The Hall–Kier alpha value is -8.12. The first-order valence-corrected chi connectivity index (χ1v) is 30.6. The van der Waals surface area contributed by atoms with Crippen molar-refractivity contribution in [2.75, 3.05) is 52.4 Å². The Morgan fingerprint density at radius 3 is 1.16 bits per heavy atom. The van der Waals surface area contributed by atoms with Crippen LogP contribution < -0.4 is 10.6 Å². The van der Waals surface area contributed by atoms with Crippen LogP contribution in [0.1, 0.15) is 103 Å². The number of amides is 8. The van der Waals surface area contributed by atoms with E-state index in [1.165, 1.54) is 9.80 Å². The molecule has 8 rings (SSSR count). The fourth-order valence-corrected chi connectivity index (χ4v) is 11.6.